The number of nitrogens with zero attached hydrogens (tertiary/aromatic N) is 2. The van der Waals surface area contributed by atoms with Gasteiger partial charge in [0.25, 0.3) is 0 Å². The predicted octanol–water partition coefficient (Wildman–Crippen LogP) is 2.79. The Kier molecular flexibility index (Phi) is 8.19. The van der Waals surface area contributed by atoms with Gasteiger partial charge in [-0.3, -0.25) is 14.7 Å². The van der Waals surface area contributed by atoms with Crippen molar-refractivity contribution in [3.63, 3.8) is 0 Å². The number of carbonyl (C=O) groups is 2. The van der Waals surface area contributed by atoms with Crippen LogP contribution in [0.5, 0.6) is 0 Å². The lowest BCUT2D eigenvalue weighted by atomic mass is 10.1. The van der Waals surface area contributed by atoms with E-state index >= 15 is 0 Å². The number of aryl methyl sites for hydroxylation is 1. The number of hydrogen-bond acceptors (Lipinski definition) is 5. The van der Waals surface area contributed by atoms with E-state index in [0.29, 0.717) is 25.1 Å². The minimum atomic E-state index is -3.89. The highest BCUT2D eigenvalue weighted by molar-refractivity contribution is 7.89. The van der Waals surface area contributed by atoms with Gasteiger partial charge in [-0.15, -0.1) is 0 Å². The van der Waals surface area contributed by atoms with E-state index in [2.05, 4.69) is 20.2 Å². The number of aromatic amines is 1. The van der Waals surface area contributed by atoms with E-state index in [0.717, 1.165) is 17.0 Å². The summed E-state index contributed by atoms with van der Waals surface area (Å²) in [7, 11) is -2.24. The standard InChI is InChI=1S/C24H29N5O4S/c1-17(28-34(32,33)22-13-11-20(12-14-22)25-18(2)30)24(31)29(3)15-7-10-21-16-23(27-26-21)19-8-5-4-6-9-19/h4-6,8-9,11-14,16-17,28H,7,10,15H2,1-3H3,(H,25,30)(H,26,27)/t17-/m0/s1. The van der Waals surface area contributed by atoms with Crippen molar-refractivity contribution in [3.8, 4) is 11.3 Å². The van der Waals surface area contributed by atoms with Gasteiger partial charge in [-0.05, 0) is 50.1 Å². The molecule has 10 heteroatoms. The number of anilines is 1. The highest BCUT2D eigenvalue weighted by Gasteiger charge is 2.24. The number of rotatable bonds is 10. The van der Waals surface area contributed by atoms with Gasteiger partial charge in [0, 0.05) is 37.5 Å². The van der Waals surface area contributed by atoms with Crippen molar-refractivity contribution in [2.45, 2.75) is 37.6 Å². The van der Waals surface area contributed by atoms with Crippen LogP contribution in [0, 0.1) is 0 Å². The summed E-state index contributed by atoms with van der Waals surface area (Å²) >= 11 is 0. The molecule has 9 nitrogen and oxygen atoms in total. The summed E-state index contributed by atoms with van der Waals surface area (Å²) < 4.78 is 27.7. The van der Waals surface area contributed by atoms with Crippen LogP contribution in [-0.4, -0.2) is 55.0 Å². The number of benzene rings is 2. The first kappa shape index (κ1) is 25.1. The molecule has 0 saturated heterocycles. The third kappa shape index (κ3) is 6.75. The molecule has 180 valence electrons. The molecule has 0 aliphatic carbocycles. The number of hydrogen-bond donors (Lipinski definition) is 3. The Morgan fingerprint density at radius 2 is 1.76 bits per heavy atom. The fourth-order valence-corrected chi connectivity index (χ4v) is 4.66. The maximum absolute atomic E-state index is 12.7. The summed E-state index contributed by atoms with van der Waals surface area (Å²) in [5.74, 6) is -0.576. The van der Waals surface area contributed by atoms with Crippen LogP contribution >= 0.6 is 0 Å². The molecule has 3 aromatic rings. The molecule has 1 atom stereocenters. The molecule has 0 aliphatic rings. The van der Waals surface area contributed by atoms with Crippen molar-refractivity contribution in [2.75, 3.05) is 18.9 Å². The van der Waals surface area contributed by atoms with E-state index in [4.69, 9.17) is 0 Å². The summed E-state index contributed by atoms with van der Waals surface area (Å²) in [5, 5.41) is 9.94. The van der Waals surface area contributed by atoms with E-state index < -0.39 is 16.1 Å². The van der Waals surface area contributed by atoms with Crippen LogP contribution in [0.2, 0.25) is 0 Å². The Labute approximate surface area is 199 Å². The molecule has 34 heavy (non-hydrogen) atoms. The molecule has 3 rings (SSSR count). The Morgan fingerprint density at radius 3 is 2.41 bits per heavy atom. The maximum atomic E-state index is 12.7. The van der Waals surface area contributed by atoms with Gasteiger partial charge in [-0.1, -0.05) is 30.3 Å². The van der Waals surface area contributed by atoms with Crippen molar-refractivity contribution in [3.05, 3.63) is 66.4 Å². The number of aromatic nitrogens is 2. The number of H-pyrrole nitrogens is 1. The SMILES string of the molecule is CC(=O)Nc1ccc(S(=O)(=O)N[C@@H](C)C(=O)N(C)CCCc2cc(-c3ccccc3)n[nH]2)cc1. The smallest absolute Gasteiger partial charge is 0.241 e. The van der Waals surface area contributed by atoms with Crippen LogP contribution in [0.1, 0.15) is 26.0 Å². The second-order valence-electron chi connectivity index (χ2n) is 8.06. The van der Waals surface area contributed by atoms with Crippen LogP contribution in [0.15, 0.2) is 65.6 Å². The molecule has 0 unspecified atom stereocenters. The molecule has 0 fully saturated rings. The Balaban J connectivity index is 1.50. The largest absolute Gasteiger partial charge is 0.344 e. The summed E-state index contributed by atoms with van der Waals surface area (Å²) in [6.45, 7) is 3.35. The lowest BCUT2D eigenvalue weighted by Gasteiger charge is -2.22. The number of nitrogens with one attached hydrogen (secondary N) is 3. The van der Waals surface area contributed by atoms with Gasteiger partial charge in [-0.25, -0.2) is 8.42 Å². The Bertz CT molecular complexity index is 1220. The average molecular weight is 484 g/mol. The minimum absolute atomic E-state index is 0.0115. The Morgan fingerprint density at radius 1 is 1.09 bits per heavy atom. The van der Waals surface area contributed by atoms with Gasteiger partial charge in [-0.2, -0.15) is 9.82 Å². The third-order valence-corrected chi connectivity index (χ3v) is 6.76. The predicted molar refractivity (Wildman–Crippen MR) is 131 cm³/mol. The van der Waals surface area contributed by atoms with Crippen molar-refractivity contribution < 1.29 is 18.0 Å². The molecule has 0 aliphatic heterocycles. The van der Waals surface area contributed by atoms with Gasteiger partial charge in [0.1, 0.15) is 0 Å². The molecular formula is C24H29N5O4S. The van der Waals surface area contributed by atoms with E-state index in [9.17, 15) is 18.0 Å². The summed E-state index contributed by atoms with van der Waals surface area (Å²) in [6.07, 6.45) is 1.40. The summed E-state index contributed by atoms with van der Waals surface area (Å²) in [4.78, 5) is 25.3. The maximum Gasteiger partial charge on any atom is 0.241 e. The number of carbonyl (C=O) groups excluding carboxylic acids is 2. The first-order chi connectivity index (χ1) is 16.2. The van der Waals surface area contributed by atoms with E-state index in [1.807, 2.05) is 36.4 Å². The van der Waals surface area contributed by atoms with E-state index in [-0.39, 0.29) is 16.7 Å². The lowest BCUT2D eigenvalue weighted by Crippen LogP contribution is -2.45. The molecule has 2 aromatic carbocycles. The fraction of sp³-hybridized carbons (Fsp3) is 0.292. The zero-order valence-corrected chi connectivity index (χ0v) is 20.2. The number of sulfonamides is 1. The molecule has 3 N–H and O–H groups in total. The zero-order chi connectivity index (χ0) is 24.7. The van der Waals surface area contributed by atoms with Crippen molar-refractivity contribution in [1.82, 2.24) is 19.8 Å². The van der Waals surface area contributed by atoms with Crippen LogP contribution in [-0.2, 0) is 26.0 Å². The highest BCUT2D eigenvalue weighted by Crippen LogP contribution is 2.18. The van der Waals surface area contributed by atoms with Crippen molar-refractivity contribution in [1.29, 1.82) is 0 Å². The number of likely N-dealkylation sites (N-methyl/N-ethyl adjacent to an activating group) is 1. The molecule has 0 radical (unpaired) electrons. The average Bonchev–Trinajstić information content (AvgIpc) is 3.27. The van der Waals surface area contributed by atoms with Gasteiger partial charge in [0.2, 0.25) is 21.8 Å². The summed E-state index contributed by atoms with van der Waals surface area (Å²) in [6, 6.07) is 16.7. The molecule has 0 saturated carbocycles. The second kappa shape index (κ2) is 11.1. The van der Waals surface area contributed by atoms with Gasteiger partial charge >= 0.3 is 0 Å². The van der Waals surface area contributed by atoms with Gasteiger partial charge < -0.3 is 10.2 Å². The summed E-state index contributed by atoms with van der Waals surface area (Å²) in [5.41, 5.74) is 3.36. The third-order valence-electron chi connectivity index (χ3n) is 5.20. The quantitative estimate of drug-likeness (QED) is 0.409. The van der Waals surface area contributed by atoms with E-state index in [1.165, 1.54) is 43.0 Å². The molecule has 1 aromatic heterocycles. The van der Waals surface area contributed by atoms with Crippen molar-refractivity contribution >= 4 is 27.5 Å². The molecule has 0 spiro atoms. The second-order valence-corrected chi connectivity index (χ2v) is 9.77. The highest BCUT2D eigenvalue weighted by atomic mass is 32.2. The van der Waals surface area contributed by atoms with Crippen LogP contribution in [0.25, 0.3) is 11.3 Å². The van der Waals surface area contributed by atoms with Crippen LogP contribution in [0.4, 0.5) is 5.69 Å². The lowest BCUT2D eigenvalue weighted by molar-refractivity contribution is -0.131. The first-order valence-corrected chi connectivity index (χ1v) is 12.4. The molecule has 2 amide bonds. The molecule has 1 heterocycles. The Hall–Kier alpha value is -3.50. The monoisotopic (exact) mass is 483 g/mol. The minimum Gasteiger partial charge on any atom is -0.344 e. The molecular weight excluding hydrogens is 454 g/mol. The fourth-order valence-electron chi connectivity index (χ4n) is 3.47. The van der Waals surface area contributed by atoms with Crippen LogP contribution in [0.3, 0.4) is 0 Å². The zero-order valence-electron chi connectivity index (χ0n) is 19.4. The topological polar surface area (TPSA) is 124 Å². The van der Waals surface area contributed by atoms with Crippen molar-refractivity contribution in [2.24, 2.45) is 0 Å². The first-order valence-electron chi connectivity index (χ1n) is 10.9. The van der Waals surface area contributed by atoms with E-state index in [1.54, 1.807) is 7.05 Å². The van der Waals surface area contributed by atoms with Gasteiger partial charge in [0.15, 0.2) is 0 Å². The number of amides is 2. The van der Waals surface area contributed by atoms with Crippen LogP contribution < -0.4 is 10.0 Å². The molecule has 0 bridgehead atoms. The van der Waals surface area contributed by atoms with Gasteiger partial charge in [0.05, 0.1) is 16.6 Å². The normalized spacial score (nSPS) is 12.2.